The summed E-state index contributed by atoms with van der Waals surface area (Å²) in [5.41, 5.74) is 1.72. The quantitative estimate of drug-likeness (QED) is 0.595. The summed E-state index contributed by atoms with van der Waals surface area (Å²) < 4.78 is 5.29. The van der Waals surface area contributed by atoms with E-state index in [1.165, 1.54) is 17.9 Å². The molecule has 23 heavy (non-hydrogen) atoms. The maximum atomic E-state index is 11.9. The van der Waals surface area contributed by atoms with Gasteiger partial charge in [-0.25, -0.2) is 20.2 Å². The van der Waals surface area contributed by atoms with E-state index in [-0.39, 0.29) is 23.7 Å². The molecule has 2 N–H and O–H groups in total. The molecule has 2 amide bonds. The fourth-order valence-electron chi connectivity index (χ4n) is 2.90. The Labute approximate surface area is 132 Å². The van der Waals surface area contributed by atoms with Crippen molar-refractivity contribution >= 4 is 17.9 Å². The molecule has 1 aliphatic carbocycles. The lowest BCUT2D eigenvalue weighted by molar-refractivity contribution is 0.00143. The third kappa shape index (κ3) is 2.46. The number of hydroxylamine groups is 1. The number of anilines is 1. The highest BCUT2D eigenvalue weighted by Crippen LogP contribution is 2.36. The maximum Gasteiger partial charge on any atom is 0.410 e. The molecular weight excluding hydrogens is 302 g/mol. The maximum absolute atomic E-state index is 11.9. The van der Waals surface area contributed by atoms with E-state index in [0.717, 1.165) is 12.8 Å². The molecule has 3 fully saturated rings. The topological polar surface area (TPSA) is 108 Å². The molecule has 2 saturated heterocycles. The monoisotopic (exact) mass is 319 g/mol. The summed E-state index contributed by atoms with van der Waals surface area (Å²) >= 11 is 0. The molecule has 4 rings (SSSR count). The van der Waals surface area contributed by atoms with E-state index < -0.39 is 5.91 Å². The van der Waals surface area contributed by atoms with Crippen LogP contribution in [-0.4, -0.2) is 63.9 Å². The molecule has 2 aliphatic heterocycles. The Morgan fingerprint density at radius 1 is 1.26 bits per heavy atom. The average Bonchev–Trinajstić information content (AvgIpc) is 3.38. The third-order valence-electron chi connectivity index (χ3n) is 4.65. The summed E-state index contributed by atoms with van der Waals surface area (Å²) in [5, 5.41) is 8.56. The van der Waals surface area contributed by atoms with Gasteiger partial charge in [-0.2, -0.15) is 0 Å². The minimum atomic E-state index is -0.647. The van der Waals surface area contributed by atoms with Crippen LogP contribution in [0.4, 0.5) is 10.7 Å². The fraction of sp³-hybridized carbons (Fsp3) is 0.571. The Bertz CT molecular complexity index is 633. The van der Waals surface area contributed by atoms with Crippen LogP contribution in [0.2, 0.25) is 0 Å². The lowest BCUT2D eigenvalue weighted by Gasteiger charge is -2.60. The zero-order valence-electron chi connectivity index (χ0n) is 12.4. The van der Waals surface area contributed by atoms with Crippen LogP contribution in [0.25, 0.3) is 0 Å². The Balaban J connectivity index is 1.31. The molecule has 9 nitrogen and oxygen atoms in total. The second kappa shape index (κ2) is 5.34. The number of piperazine rings is 1. The van der Waals surface area contributed by atoms with Crippen molar-refractivity contribution in [1.29, 1.82) is 0 Å². The number of nitrogens with zero attached hydrogens (tertiary/aromatic N) is 4. The zero-order chi connectivity index (χ0) is 16.0. The molecule has 0 radical (unpaired) electrons. The van der Waals surface area contributed by atoms with Crippen LogP contribution in [0, 0.1) is 5.92 Å². The normalized spacial score (nSPS) is 25.1. The Morgan fingerprint density at radius 3 is 2.57 bits per heavy atom. The average molecular weight is 319 g/mol. The first kappa shape index (κ1) is 14.2. The van der Waals surface area contributed by atoms with Gasteiger partial charge in [-0.15, -0.1) is 0 Å². The van der Waals surface area contributed by atoms with Gasteiger partial charge in [0.15, 0.2) is 0 Å². The first-order valence-corrected chi connectivity index (χ1v) is 7.64. The van der Waals surface area contributed by atoms with E-state index in [4.69, 9.17) is 9.94 Å². The highest BCUT2D eigenvalue weighted by Gasteiger charge is 2.55. The summed E-state index contributed by atoms with van der Waals surface area (Å²) in [6, 6.07) is 0.367. The van der Waals surface area contributed by atoms with E-state index in [9.17, 15) is 9.59 Å². The molecule has 0 aromatic carbocycles. The molecule has 1 aromatic heterocycles. The lowest BCUT2D eigenvalue weighted by atomic mass is 9.86. The number of hydrogen-bond acceptors (Lipinski definition) is 7. The van der Waals surface area contributed by atoms with Gasteiger partial charge in [-0.05, 0) is 18.8 Å². The van der Waals surface area contributed by atoms with Crippen LogP contribution >= 0.6 is 0 Å². The molecule has 122 valence electrons. The van der Waals surface area contributed by atoms with E-state index in [2.05, 4.69) is 9.97 Å². The Hall–Kier alpha value is -2.42. The van der Waals surface area contributed by atoms with Crippen LogP contribution in [0.3, 0.4) is 0 Å². The highest BCUT2D eigenvalue weighted by molar-refractivity contribution is 5.92. The van der Waals surface area contributed by atoms with Crippen molar-refractivity contribution in [3.63, 3.8) is 0 Å². The summed E-state index contributed by atoms with van der Waals surface area (Å²) in [7, 11) is 0. The molecule has 1 aromatic rings. The number of carbonyl (C=O) groups excluding carboxylic acids is 2. The number of hydrogen-bond donors (Lipinski definition) is 2. The SMILES string of the molecule is O=C(NO)c1cnc(N2CC3[C@H]2CN3C(=O)OCC2CC2)nc1. The summed E-state index contributed by atoms with van der Waals surface area (Å²) in [4.78, 5) is 35.2. The molecule has 0 spiro atoms. The van der Waals surface area contributed by atoms with Gasteiger partial charge < -0.3 is 9.64 Å². The second-order valence-corrected chi connectivity index (χ2v) is 6.17. The molecule has 9 heteroatoms. The van der Waals surface area contributed by atoms with Crippen LogP contribution < -0.4 is 10.4 Å². The minimum Gasteiger partial charge on any atom is -0.449 e. The zero-order valence-corrected chi connectivity index (χ0v) is 12.4. The first-order valence-electron chi connectivity index (χ1n) is 7.64. The third-order valence-corrected chi connectivity index (χ3v) is 4.65. The number of aromatic nitrogens is 2. The largest absolute Gasteiger partial charge is 0.449 e. The smallest absolute Gasteiger partial charge is 0.410 e. The van der Waals surface area contributed by atoms with Gasteiger partial charge in [0.2, 0.25) is 5.95 Å². The van der Waals surface area contributed by atoms with Gasteiger partial charge in [0.05, 0.1) is 24.3 Å². The molecule has 1 unspecified atom stereocenters. The first-order chi connectivity index (χ1) is 11.2. The predicted molar refractivity (Wildman–Crippen MR) is 77.0 cm³/mol. The van der Waals surface area contributed by atoms with Crippen molar-refractivity contribution in [1.82, 2.24) is 20.3 Å². The number of fused-ring (bicyclic) bond motifs is 1. The number of amides is 2. The minimum absolute atomic E-state index is 0.158. The van der Waals surface area contributed by atoms with E-state index in [1.807, 2.05) is 4.90 Å². The van der Waals surface area contributed by atoms with Gasteiger partial charge in [0, 0.05) is 25.5 Å². The number of nitrogens with one attached hydrogen (secondary N) is 1. The molecule has 3 aliphatic rings. The lowest BCUT2D eigenvalue weighted by Crippen LogP contribution is -2.80. The number of rotatable bonds is 4. The predicted octanol–water partition coefficient (Wildman–Crippen LogP) is 0.0150. The molecule has 0 bridgehead atoms. The number of likely N-dealkylation sites (tertiary alicyclic amines) is 1. The van der Waals surface area contributed by atoms with Crippen molar-refractivity contribution in [3.8, 4) is 0 Å². The Kier molecular flexibility index (Phi) is 3.29. The van der Waals surface area contributed by atoms with Crippen molar-refractivity contribution in [2.75, 3.05) is 24.6 Å². The van der Waals surface area contributed by atoms with Crippen LogP contribution in [0.5, 0.6) is 0 Å². The Morgan fingerprint density at radius 2 is 2.00 bits per heavy atom. The summed E-state index contributed by atoms with van der Waals surface area (Å²) in [6.45, 7) is 1.80. The fourth-order valence-corrected chi connectivity index (χ4v) is 2.90. The molecule has 3 heterocycles. The van der Waals surface area contributed by atoms with E-state index in [1.54, 1.807) is 4.90 Å². The van der Waals surface area contributed by atoms with Crippen molar-refractivity contribution in [2.45, 2.75) is 24.9 Å². The molecule has 1 saturated carbocycles. The number of ether oxygens (including phenoxy) is 1. The standard InChI is InChI=1S/C14H17N5O4/c20-12(17-22)9-3-15-13(16-4-9)18-5-11-10(18)6-19(11)14(21)23-7-8-1-2-8/h3-4,8,10-11,22H,1-2,5-7H2,(H,17,20)/t10-,11?/m1/s1. The summed E-state index contributed by atoms with van der Waals surface area (Å²) in [5.74, 6) is 0.440. The second-order valence-electron chi connectivity index (χ2n) is 6.17. The van der Waals surface area contributed by atoms with Gasteiger partial charge in [-0.3, -0.25) is 14.9 Å². The summed E-state index contributed by atoms with van der Waals surface area (Å²) in [6.07, 6.45) is 4.82. The van der Waals surface area contributed by atoms with Crippen LogP contribution in [0.15, 0.2) is 12.4 Å². The van der Waals surface area contributed by atoms with Gasteiger partial charge in [0.1, 0.15) is 0 Å². The van der Waals surface area contributed by atoms with E-state index in [0.29, 0.717) is 31.6 Å². The van der Waals surface area contributed by atoms with Crippen molar-refractivity contribution < 1.29 is 19.5 Å². The van der Waals surface area contributed by atoms with Crippen molar-refractivity contribution in [3.05, 3.63) is 18.0 Å². The van der Waals surface area contributed by atoms with Crippen molar-refractivity contribution in [2.24, 2.45) is 5.92 Å². The van der Waals surface area contributed by atoms with Gasteiger partial charge >= 0.3 is 6.09 Å². The van der Waals surface area contributed by atoms with E-state index >= 15 is 0 Å². The highest BCUT2D eigenvalue weighted by atomic mass is 16.6. The van der Waals surface area contributed by atoms with Gasteiger partial charge in [0.25, 0.3) is 5.91 Å². The van der Waals surface area contributed by atoms with Crippen LogP contribution in [0.1, 0.15) is 23.2 Å². The van der Waals surface area contributed by atoms with Crippen LogP contribution in [-0.2, 0) is 4.74 Å². The molecular formula is C14H17N5O4. The van der Waals surface area contributed by atoms with Gasteiger partial charge in [-0.1, -0.05) is 0 Å². The number of carbonyl (C=O) groups is 2. The molecule has 2 atom stereocenters.